The van der Waals surface area contributed by atoms with Crippen LogP contribution in [0.3, 0.4) is 0 Å². The summed E-state index contributed by atoms with van der Waals surface area (Å²) in [5.41, 5.74) is 2.84. The summed E-state index contributed by atoms with van der Waals surface area (Å²) in [6.07, 6.45) is 4.08. The second kappa shape index (κ2) is 9.59. The van der Waals surface area contributed by atoms with Gasteiger partial charge in [-0.15, -0.1) is 10.2 Å². The van der Waals surface area contributed by atoms with E-state index in [2.05, 4.69) is 26.6 Å². The molecule has 4 aromatic rings. The number of rotatable bonds is 7. The molecule has 2 atom stereocenters. The molecule has 0 spiro atoms. The van der Waals surface area contributed by atoms with Crippen molar-refractivity contribution < 1.29 is 9.53 Å². The highest BCUT2D eigenvalue weighted by molar-refractivity contribution is 8.00. The highest BCUT2D eigenvalue weighted by atomic mass is 35.5. The van der Waals surface area contributed by atoms with Gasteiger partial charge in [-0.05, 0) is 50.1 Å². The van der Waals surface area contributed by atoms with Crippen LogP contribution in [-0.4, -0.2) is 50.2 Å². The minimum Gasteiger partial charge on any atom is -0.376 e. The topological polar surface area (TPSA) is 84.8 Å². The molecular weight excluding hydrogens is 458 g/mol. The lowest BCUT2D eigenvalue weighted by molar-refractivity contribution is -0.120. The number of hydrogen-bond donors (Lipinski definition) is 2. The number of para-hydroxylation sites is 1. The summed E-state index contributed by atoms with van der Waals surface area (Å²) in [6.45, 7) is 3.18. The van der Waals surface area contributed by atoms with Gasteiger partial charge >= 0.3 is 0 Å². The van der Waals surface area contributed by atoms with Crippen molar-refractivity contribution in [1.29, 1.82) is 0 Å². The predicted octanol–water partition coefficient (Wildman–Crippen LogP) is 4.84. The maximum atomic E-state index is 12.7. The van der Waals surface area contributed by atoms with Gasteiger partial charge < -0.3 is 15.0 Å². The molecule has 9 heteroatoms. The second-order valence-corrected chi connectivity index (χ2v) is 9.75. The number of benzene rings is 2. The molecule has 0 unspecified atom stereocenters. The molecule has 0 saturated carbocycles. The molecule has 0 aliphatic carbocycles. The lowest BCUT2D eigenvalue weighted by Gasteiger charge is -2.15. The average Bonchev–Trinajstić information content (AvgIpc) is 3.58. The normalized spacial score (nSPS) is 16.8. The Kier molecular flexibility index (Phi) is 6.39. The number of fused-ring (bicyclic) bond motifs is 1. The molecule has 1 aliphatic heterocycles. The van der Waals surface area contributed by atoms with Crippen molar-refractivity contribution in [2.45, 2.75) is 36.3 Å². The predicted molar refractivity (Wildman–Crippen MR) is 131 cm³/mol. The van der Waals surface area contributed by atoms with E-state index >= 15 is 0 Å². The lowest BCUT2D eigenvalue weighted by atomic mass is 10.1. The van der Waals surface area contributed by atoms with Crippen LogP contribution >= 0.6 is 23.4 Å². The number of hydrogen-bond acceptors (Lipinski definition) is 5. The Morgan fingerprint density at radius 3 is 2.88 bits per heavy atom. The van der Waals surface area contributed by atoms with Gasteiger partial charge in [-0.1, -0.05) is 41.6 Å². The van der Waals surface area contributed by atoms with Crippen LogP contribution in [0.5, 0.6) is 0 Å². The summed E-state index contributed by atoms with van der Waals surface area (Å²) >= 11 is 7.51. The third kappa shape index (κ3) is 4.64. The Bertz CT molecular complexity index is 1260. The van der Waals surface area contributed by atoms with E-state index in [4.69, 9.17) is 16.3 Å². The van der Waals surface area contributed by atoms with Crippen LogP contribution in [0, 0.1) is 0 Å². The molecule has 2 aromatic carbocycles. The highest BCUT2D eigenvalue weighted by Crippen LogP contribution is 2.34. The number of carbonyl (C=O) groups is 1. The van der Waals surface area contributed by atoms with Crippen molar-refractivity contribution in [1.82, 2.24) is 25.1 Å². The molecule has 2 aromatic heterocycles. The van der Waals surface area contributed by atoms with Crippen molar-refractivity contribution in [2.75, 3.05) is 13.2 Å². The molecule has 33 heavy (non-hydrogen) atoms. The number of H-pyrrole nitrogens is 1. The van der Waals surface area contributed by atoms with Gasteiger partial charge in [0.05, 0.1) is 11.4 Å². The first-order valence-corrected chi connectivity index (χ1v) is 12.2. The van der Waals surface area contributed by atoms with Crippen LogP contribution in [0.1, 0.15) is 19.8 Å². The fourth-order valence-corrected chi connectivity index (χ4v) is 4.99. The number of aromatic amines is 1. The summed E-state index contributed by atoms with van der Waals surface area (Å²) < 4.78 is 7.58. The smallest absolute Gasteiger partial charge is 0.233 e. The molecule has 0 radical (unpaired) electrons. The Hall–Kier alpha value is -2.81. The van der Waals surface area contributed by atoms with Crippen LogP contribution in [0.15, 0.2) is 59.9 Å². The number of thioether (sulfide) groups is 1. The van der Waals surface area contributed by atoms with E-state index in [9.17, 15) is 4.79 Å². The van der Waals surface area contributed by atoms with Crippen molar-refractivity contribution >= 4 is 40.2 Å². The zero-order valence-corrected chi connectivity index (χ0v) is 19.7. The zero-order chi connectivity index (χ0) is 22.8. The molecule has 7 nitrogen and oxygen atoms in total. The average molecular weight is 482 g/mol. The number of nitrogens with zero attached hydrogens (tertiary/aromatic N) is 3. The van der Waals surface area contributed by atoms with Crippen molar-refractivity contribution in [2.24, 2.45) is 0 Å². The highest BCUT2D eigenvalue weighted by Gasteiger charge is 2.24. The largest absolute Gasteiger partial charge is 0.376 e. The number of nitrogens with one attached hydrogen (secondary N) is 2. The minimum absolute atomic E-state index is 0.0465. The molecule has 1 fully saturated rings. The summed E-state index contributed by atoms with van der Waals surface area (Å²) in [7, 11) is 0. The van der Waals surface area contributed by atoms with Crippen LogP contribution in [-0.2, 0) is 9.53 Å². The monoisotopic (exact) mass is 481 g/mol. The van der Waals surface area contributed by atoms with E-state index in [1.54, 1.807) is 0 Å². The molecule has 170 valence electrons. The first-order chi connectivity index (χ1) is 16.1. The van der Waals surface area contributed by atoms with Gasteiger partial charge in [0.1, 0.15) is 0 Å². The van der Waals surface area contributed by atoms with Gasteiger partial charge in [-0.25, -0.2) is 0 Å². The quantitative estimate of drug-likeness (QED) is 0.369. The molecule has 0 bridgehead atoms. The van der Waals surface area contributed by atoms with Gasteiger partial charge in [0, 0.05) is 46.5 Å². The van der Waals surface area contributed by atoms with Gasteiger partial charge in [0.2, 0.25) is 5.91 Å². The number of amides is 1. The number of halogens is 1. The molecule has 2 N–H and O–H groups in total. The third-order valence-electron chi connectivity index (χ3n) is 5.73. The van der Waals surface area contributed by atoms with Crippen molar-refractivity contribution in [3.05, 3.63) is 59.8 Å². The second-order valence-electron chi connectivity index (χ2n) is 8.01. The van der Waals surface area contributed by atoms with Gasteiger partial charge in [-0.2, -0.15) is 0 Å². The Morgan fingerprint density at radius 1 is 1.27 bits per heavy atom. The Morgan fingerprint density at radius 2 is 2.09 bits per heavy atom. The van der Waals surface area contributed by atoms with E-state index in [1.807, 2.05) is 60.2 Å². The van der Waals surface area contributed by atoms with Crippen LogP contribution < -0.4 is 5.32 Å². The van der Waals surface area contributed by atoms with E-state index in [0.717, 1.165) is 41.6 Å². The summed E-state index contributed by atoms with van der Waals surface area (Å²) in [5.74, 6) is 0.652. The molecule has 1 aliphatic rings. The SMILES string of the molecule is C[C@H](Sc1nnc(-c2c[nH]c3ccccc23)n1-c1ccc(Cl)cc1)C(=O)NC[C@@H]1CCCO1. The van der Waals surface area contributed by atoms with Crippen LogP contribution in [0.2, 0.25) is 5.02 Å². The van der Waals surface area contributed by atoms with Crippen LogP contribution in [0.4, 0.5) is 0 Å². The third-order valence-corrected chi connectivity index (χ3v) is 7.02. The number of aromatic nitrogens is 4. The fraction of sp³-hybridized carbons (Fsp3) is 0.292. The lowest BCUT2D eigenvalue weighted by Crippen LogP contribution is -2.36. The zero-order valence-electron chi connectivity index (χ0n) is 18.1. The summed E-state index contributed by atoms with van der Waals surface area (Å²) in [6, 6.07) is 15.6. The van der Waals surface area contributed by atoms with Gasteiger partial charge in [-0.3, -0.25) is 9.36 Å². The fourth-order valence-electron chi connectivity index (χ4n) is 3.98. The first kappa shape index (κ1) is 22.0. The standard InChI is InChI=1S/C24H24ClN5O2S/c1-15(23(31)27-13-18-5-4-12-32-18)33-24-29-28-22(30(24)17-10-8-16(25)9-11-17)20-14-26-21-7-3-2-6-19(20)21/h2-3,6-11,14-15,18,26H,4-5,12-13H2,1H3,(H,27,31)/t15-,18-/m0/s1. The number of carbonyl (C=O) groups excluding carboxylic acids is 1. The van der Waals surface area contributed by atoms with Gasteiger partial charge in [0.15, 0.2) is 11.0 Å². The van der Waals surface area contributed by atoms with E-state index in [0.29, 0.717) is 22.5 Å². The van der Waals surface area contributed by atoms with Gasteiger partial charge in [0.25, 0.3) is 0 Å². The minimum atomic E-state index is -0.350. The maximum absolute atomic E-state index is 12.7. The van der Waals surface area contributed by atoms with E-state index in [1.165, 1.54) is 11.8 Å². The van der Waals surface area contributed by atoms with E-state index in [-0.39, 0.29) is 17.3 Å². The molecule has 3 heterocycles. The summed E-state index contributed by atoms with van der Waals surface area (Å²) in [5, 5.41) is 14.0. The van der Waals surface area contributed by atoms with E-state index < -0.39 is 0 Å². The maximum Gasteiger partial charge on any atom is 0.233 e. The Balaban J connectivity index is 1.46. The number of ether oxygens (including phenoxy) is 1. The summed E-state index contributed by atoms with van der Waals surface area (Å²) in [4.78, 5) is 16.0. The molecule has 5 rings (SSSR count). The first-order valence-electron chi connectivity index (χ1n) is 10.9. The molecular formula is C24H24ClN5O2S. The molecule has 1 saturated heterocycles. The van der Waals surface area contributed by atoms with Crippen molar-refractivity contribution in [3.63, 3.8) is 0 Å². The van der Waals surface area contributed by atoms with Crippen LogP contribution in [0.25, 0.3) is 28.0 Å². The molecule has 1 amide bonds. The van der Waals surface area contributed by atoms with Crippen molar-refractivity contribution in [3.8, 4) is 17.1 Å². The Labute approximate surface area is 200 Å².